The maximum absolute atomic E-state index is 12.1. The molecule has 0 N–H and O–H groups in total. The van der Waals surface area contributed by atoms with Crippen LogP contribution in [0.3, 0.4) is 0 Å². The van der Waals surface area contributed by atoms with Crippen LogP contribution in [0.1, 0.15) is 44.1 Å². The Labute approximate surface area is 130 Å². The Hall–Kier alpha value is -0.930. The first-order valence-electron chi connectivity index (χ1n) is 8.03. The molecule has 114 valence electrons. The molecule has 21 heavy (non-hydrogen) atoms. The Morgan fingerprint density at radius 3 is 2.86 bits per heavy atom. The highest BCUT2D eigenvalue weighted by atomic mass is 32.2. The molecule has 1 saturated heterocycles. The molecule has 3 atom stereocenters. The fourth-order valence-electron chi connectivity index (χ4n) is 3.34. The van der Waals surface area contributed by atoms with Gasteiger partial charge in [-0.1, -0.05) is 48.4 Å². The van der Waals surface area contributed by atoms with E-state index in [4.69, 9.17) is 4.74 Å². The number of ether oxygens (including phenoxy) is 1. The molecule has 1 aromatic carbocycles. The molecular formula is C18H24O2S. The van der Waals surface area contributed by atoms with E-state index in [0.717, 1.165) is 38.7 Å². The minimum Gasteiger partial charge on any atom is -0.377 e. The monoisotopic (exact) mass is 304 g/mol. The lowest BCUT2D eigenvalue weighted by molar-refractivity contribution is 0.118. The van der Waals surface area contributed by atoms with Gasteiger partial charge in [-0.3, -0.25) is 4.21 Å². The quantitative estimate of drug-likeness (QED) is 0.587. The molecule has 3 heteroatoms. The van der Waals surface area contributed by atoms with E-state index in [1.807, 2.05) is 18.2 Å². The maximum atomic E-state index is 12.1. The second-order valence-electron chi connectivity index (χ2n) is 6.09. The predicted molar refractivity (Wildman–Crippen MR) is 87.6 cm³/mol. The number of allylic oxidation sites excluding steroid dienone is 1. The van der Waals surface area contributed by atoms with Crippen LogP contribution < -0.4 is 0 Å². The first-order chi connectivity index (χ1) is 10.3. The lowest BCUT2D eigenvalue weighted by atomic mass is 9.95. The number of hydrogen-bond donors (Lipinski definition) is 0. The van der Waals surface area contributed by atoms with Crippen molar-refractivity contribution in [3.8, 4) is 0 Å². The summed E-state index contributed by atoms with van der Waals surface area (Å²) in [4.78, 5) is 0. The van der Waals surface area contributed by atoms with Gasteiger partial charge in [0.25, 0.3) is 0 Å². The Morgan fingerprint density at radius 2 is 2.05 bits per heavy atom. The molecule has 3 unspecified atom stereocenters. The van der Waals surface area contributed by atoms with Crippen LogP contribution in [0.4, 0.5) is 0 Å². The molecule has 0 amide bonds. The lowest BCUT2D eigenvalue weighted by Crippen LogP contribution is -2.34. The Bertz CT molecular complexity index is 509. The van der Waals surface area contributed by atoms with Gasteiger partial charge in [-0.2, -0.15) is 0 Å². The van der Waals surface area contributed by atoms with Gasteiger partial charge in [0.15, 0.2) is 0 Å². The zero-order valence-electron chi connectivity index (χ0n) is 12.5. The van der Waals surface area contributed by atoms with E-state index >= 15 is 0 Å². The third-order valence-electron chi connectivity index (χ3n) is 4.45. The van der Waals surface area contributed by atoms with Crippen molar-refractivity contribution < 1.29 is 8.95 Å². The summed E-state index contributed by atoms with van der Waals surface area (Å²) in [6.07, 6.45) is 9.08. The van der Waals surface area contributed by atoms with Crippen LogP contribution in [-0.2, 0) is 22.1 Å². The average molecular weight is 304 g/mol. The van der Waals surface area contributed by atoms with E-state index < -0.39 is 10.8 Å². The summed E-state index contributed by atoms with van der Waals surface area (Å²) in [6, 6.07) is 10.3. The maximum Gasteiger partial charge on any atom is 0.0716 e. The first kappa shape index (κ1) is 15.0. The second kappa shape index (κ2) is 7.37. The summed E-state index contributed by atoms with van der Waals surface area (Å²) in [5.41, 5.74) is 2.76. The molecule has 0 spiro atoms. The SMILES string of the molecule is O=S1C2C=C(CCCOCc3ccccc3)CC1CCC2. The van der Waals surface area contributed by atoms with Crippen LogP contribution in [0.15, 0.2) is 42.0 Å². The topological polar surface area (TPSA) is 26.3 Å². The van der Waals surface area contributed by atoms with Gasteiger partial charge in [0.2, 0.25) is 0 Å². The molecule has 2 aliphatic heterocycles. The summed E-state index contributed by atoms with van der Waals surface area (Å²) >= 11 is 0. The van der Waals surface area contributed by atoms with Crippen molar-refractivity contribution in [3.63, 3.8) is 0 Å². The molecule has 0 aromatic heterocycles. The van der Waals surface area contributed by atoms with Gasteiger partial charge < -0.3 is 4.74 Å². The van der Waals surface area contributed by atoms with E-state index in [-0.39, 0.29) is 0 Å². The van der Waals surface area contributed by atoms with Gasteiger partial charge in [-0.15, -0.1) is 0 Å². The number of rotatable bonds is 6. The molecular weight excluding hydrogens is 280 g/mol. The highest BCUT2D eigenvalue weighted by Crippen LogP contribution is 2.34. The summed E-state index contributed by atoms with van der Waals surface area (Å²) in [5.74, 6) is 0. The predicted octanol–water partition coefficient (Wildman–Crippen LogP) is 3.98. The van der Waals surface area contributed by atoms with Gasteiger partial charge in [0.1, 0.15) is 0 Å². The second-order valence-corrected chi connectivity index (χ2v) is 8.02. The first-order valence-corrected chi connectivity index (χ1v) is 9.31. The number of fused-ring (bicyclic) bond motifs is 2. The van der Waals surface area contributed by atoms with Gasteiger partial charge in [-0.25, -0.2) is 0 Å². The lowest BCUT2D eigenvalue weighted by Gasteiger charge is -2.32. The Morgan fingerprint density at radius 1 is 1.19 bits per heavy atom. The molecule has 1 fully saturated rings. The zero-order chi connectivity index (χ0) is 14.5. The summed E-state index contributed by atoms with van der Waals surface area (Å²) < 4.78 is 17.9. The van der Waals surface area contributed by atoms with Gasteiger partial charge in [0.05, 0.1) is 11.9 Å². The summed E-state index contributed by atoms with van der Waals surface area (Å²) in [5, 5.41) is 0.784. The van der Waals surface area contributed by atoms with Crippen LogP contribution in [0.5, 0.6) is 0 Å². The van der Waals surface area contributed by atoms with Crippen molar-refractivity contribution in [2.45, 2.75) is 55.6 Å². The van der Waals surface area contributed by atoms with E-state index in [0.29, 0.717) is 17.1 Å². The molecule has 3 rings (SSSR count). The third-order valence-corrected chi connectivity index (χ3v) is 6.48. The van der Waals surface area contributed by atoms with Crippen molar-refractivity contribution in [1.29, 1.82) is 0 Å². The molecule has 2 heterocycles. The van der Waals surface area contributed by atoms with Crippen molar-refractivity contribution in [1.82, 2.24) is 0 Å². The highest BCUT2D eigenvalue weighted by molar-refractivity contribution is 7.86. The van der Waals surface area contributed by atoms with E-state index in [2.05, 4.69) is 18.2 Å². The molecule has 0 aliphatic carbocycles. The fraction of sp³-hybridized carbons (Fsp3) is 0.556. The highest BCUT2D eigenvalue weighted by Gasteiger charge is 2.32. The van der Waals surface area contributed by atoms with Gasteiger partial charge in [0, 0.05) is 22.7 Å². The van der Waals surface area contributed by atoms with Crippen LogP contribution >= 0.6 is 0 Å². The van der Waals surface area contributed by atoms with Crippen molar-refractivity contribution in [2.24, 2.45) is 0 Å². The molecule has 2 bridgehead atoms. The van der Waals surface area contributed by atoms with Crippen LogP contribution in [0, 0.1) is 0 Å². The Kier molecular flexibility index (Phi) is 5.26. The smallest absolute Gasteiger partial charge is 0.0716 e. The normalized spacial score (nSPS) is 28.2. The molecule has 2 nitrogen and oxygen atoms in total. The van der Waals surface area contributed by atoms with Crippen LogP contribution in [-0.4, -0.2) is 21.3 Å². The average Bonchev–Trinajstić information content (AvgIpc) is 2.49. The van der Waals surface area contributed by atoms with E-state index in [9.17, 15) is 4.21 Å². The largest absolute Gasteiger partial charge is 0.377 e. The summed E-state index contributed by atoms with van der Waals surface area (Å²) in [6.45, 7) is 1.51. The van der Waals surface area contributed by atoms with E-state index in [1.54, 1.807) is 0 Å². The number of benzene rings is 1. The van der Waals surface area contributed by atoms with Crippen LogP contribution in [0.25, 0.3) is 0 Å². The van der Waals surface area contributed by atoms with Crippen LogP contribution in [0.2, 0.25) is 0 Å². The number of hydrogen-bond acceptors (Lipinski definition) is 2. The minimum absolute atomic E-state index is 0.345. The molecule has 0 saturated carbocycles. The molecule has 0 radical (unpaired) electrons. The van der Waals surface area contributed by atoms with Crippen molar-refractivity contribution in [3.05, 3.63) is 47.5 Å². The standard InChI is InChI=1S/C18H24O2S/c19-21-17-9-4-10-18(21)13-16(12-17)8-5-11-20-14-15-6-2-1-3-7-15/h1-3,6-7,12,17-18H,4-5,8-11,13-14H2. The minimum atomic E-state index is -0.598. The third kappa shape index (κ3) is 4.04. The Balaban J connectivity index is 1.39. The van der Waals surface area contributed by atoms with Crippen molar-refractivity contribution >= 4 is 10.8 Å². The van der Waals surface area contributed by atoms with Gasteiger partial charge in [-0.05, 0) is 37.7 Å². The fourth-order valence-corrected chi connectivity index (χ4v) is 5.33. The molecule has 1 aromatic rings. The van der Waals surface area contributed by atoms with E-state index in [1.165, 1.54) is 17.6 Å². The summed E-state index contributed by atoms with van der Waals surface area (Å²) in [7, 11) is -0.598. The zero-order valence-corrected chi connectivity index (χ0v) is 13.3. The van der Waals surface area contributed by atoms with Gasteiger partial charge >= 0.3 is 0 Å². The van der Waals surface area contributed by atoms with Crippen molar-refractivity contribution in [2.75, 3.05) is 6.61 Å². The molecule has 2 aliphatic rings.